The third kappa shape index (κ3) is 3.85. The van der Waals surface area contributed by atoms with Crippen molar-refractivity contribution in [3.05, 3.63) is 45.4 Å². The molecule has 0 spiro atoms. The molecule has 1 saturated heterocycles. The minimum atomic E-state index is 0.0288. The summed E-state index contributed by atoms with van der Waals surface area (Å²) in [4.78, 5) is 13.8. The quantitative estimate of drug-likeness (QED) is 0.912. The predicted molar refractivity (Wildman–Crippen MR) is 93.2 cm³/mol. The van der Waals surface area contributed by atoms with Crippen LogP contribution < -0.4 is 5.32 Å². The molecule has 4 nitrogen and oxygen atoms in total. The lowest BCUT2D eigenvalue weighted by molar-refractivity contribution is 0.0536. The molecular weight excluding hydrogens is 308 g/mol. The van der Waals surface area contributed by atoms with E-state index in [-0.39, 0.29) is 5.91 Å². The van der Waals surface area contributed by atoms with Gasteiger partial charge in [-0.1, -0.05) is 6.07 Å². The second-order valence-electron chi connectivity index (χ2n) is 6.24. The van der Waals surface area contributed by atoms with Gasteiger partial charge in [0, 0.05) is 29.4 Å². The zero-order valence-electron chi connectivity index (χ0n) is 13.8. The Balaban J connectivity index is 1.66. The van der Waals surface area contributed by atoms with Gasteiger partial charge in [-0.2, -0.15) is 0 Å². The third-order valence-electron chi connectivity index (χ3n) is 4.52. The lowest BCUT2D eigenvalue weighted by Gasteiger charge is -2.22. The number of hydrogen-bond donors (Lipinski definition) is 1. The molecule has 1 amide bonds. The summed E-state index contributed by atoms with van der Waals surface area (Å²) in [7, 11) is 0. The Hall–Kier alpha value is -1.59. The van der Waals surface area contributed by atoms with Gasteiger partial charge in [-0.25, -0.2) is 0 Å². The molecule has 0 unspecified atom stereocenters. The van der Waals surface area contributed by atoms with Crippen LogP contribution >= 0.6 is 11.3 Å². The van der Waals surface area contributed by atoms with Gasteiger partial charge in [0.15, 0.2) is 0 Å². The fourth-order valence-electron chi connectivity index (χ4n) is 3.13. The molecule has 2 aromatic rings. The molecule has 0 bridgehead atoms. The molecule has 0 saturated carbocycles. The number of hydrogen-bond acceptors (Lipinski definition) is 3. The molecule has 3 rings (SSSR count). The van der Waals surface area contributed by atoms with E-state index in [0.717, 1.165) is 49.6 Å². The summed E-state index contributed by atoms with van der Waals surface area (Å²) in [5, 5.41) is 5.17. The Morgan fingerprint density at radius 1 is 1.48 bits per heavy atom. The van der Waals surface area contributed by atoms with E-state index in [0.29, 0.717) is 12.5 Å². The molecule has 5 heteroatoms. The van der Waals surface area contributed by atoms with Crippen LogP contribution in [0.3, 0.4) is 0 Å². The monoisotopic (exact) mass is 332 g/mol. The first-order chi connectivity index (χ1) is 11.1. The van der Waals surface area contributed by atoms with Crippen LogP contribution in [0.1, 0.15) is 39.5 Å². The number of nitrogens with zero attached hydrogens (tertiary/aromatic N) is 1. The van der Waals surface area contributed by atoms with Crippen LogP contribution in [0.25, 0.3) is 0 Å². The number of nitrogens with one attached hydrogen (secondary N) is 1. The number of amides is 1. The minimum Gasteiger partial charge on any atom is -0.381 e. The van der Waals surface area contributed by atoms with Crippen LogP contribution in [0.15, 0.2) is 23.6 Å². The van der Waals surface area contributed by atoms with Crippen molar-refractivity contribution in [1.29, 1.82) is 0 Å². The van der Waals surface area contributed by atoms with Crippen molar-refractivity contribution in [2.24, 2.45) is 5.92 Å². The number of carbonyl (C=O) groups is 1. The van der Waals surface area contributed by atoms with Gasteiger partial charge in [0.2, 0.25) is 0 Å². The standard InChI is InChI=1S/C18H24N2O2S/c1-13-9-17(14(2)20(13)11-16-6-4-8-23-16)18(21)19-10-15-5-3-7-22-12-15/h4,6,8-9,15H,3,5,7,10-12H2,1-2H3,(H,19,21)/t15-/m1/s1. The van der Waals surface area contributed by atoms with Crippen LogP contribution in [-0.4, -0.2) is 30.2 Å². The molecule has 2 aromatic heterocycles. The number of aryl methyl sites for hydroxylation is 1. The average molecular weight is 332 g/mol. The molecule has 1 aliphatic heterocycles. The minimum absolute atomic E-state index is 0.0288. The lowest BCUT2D eigenvalue weighted by Crippen LogP contribution is -2.33. The highest BCUT2D eigenvalue weighted by atomic mass is 32.1. The van der Waals surface area contributed by atoms with Crippen molar-refractivity contribution in [3.8, 4) is 0 Å². The van der Waals surface area contributed by atoms with Crippen LogP contribution in [0.5, 0.6) is 0 Å². The molecule has 23 heavy (non-hydrogen) atoms. The van der Waals surface area contributed by atoms with E-state index < -0.39 is 0 Å². The number of ether oxygens (including phenoxy) is 1. The van der Waals surface area contributed by atoms with Crippen molar-refractivity contribution in [3.63, 3.8) is 0 Å². The van der Waals surface area contributed by atoms with Crippen molar-refractivity contribution in [1.82, 2.24) is 9.88 Å². The Morgan fingerprint density at radius 3 is 3.04 bits per heavy atom. The molecule has 1 N–H and O–H groups in total. The first-order valence-electron chi connectivity index (χ1n) is 8.20. The molecule has 0 aliphatic carbocycles. The van der Waals surface area contributed by atoms with Crippen LogP contribution in [0, 0.1) is 19.8 Å². The fraction of sp³-hybridized carbons (Fsp3) is 0.500. The van der Waals surface area contributed by atoms with Gasteiger partial charge in [0.05, 0.1) is 18.7 Å². The zero-order chi connectivity index (χ0) is 16.2. The van der Waals surface area contributed by atoms with E-state index in [2.05, 4.69) is 34.3 Å². The van der Waals surface area contributed by atoms with Crippen LogP contribution in [0.2, 0.25) is 0 Å². The smallest absolute Gasteiger partial charge is 0.253 e. The predicted octanol–water partition coefficient (Wildman–Crippen LogP) is 3.37. The first-order valence-corrected chi connectivity index (χ1v) is 9.08. The lowest BCUT2D eigenvalue weighted by atomic mass is 10.0. The second-order valence-corrected chi connectivity index (χ2v) is 7.28. The second kappa shape index (κ2) is 7.32. The van der Waals surface area contributed by atoms with Crippen molar-refractivity contribution in [2.75, 3.05) is 19.8 Å². The largest absolute Gasteiger partial charge is 0.381 e. The maximum Gasteiger partial charge on any atom is 0.253 e. The summed E-state index contributed by atoms with van der Waals surface area (Å²) < 4.78 is 7.68. The summed E-state index contributed by atoms with van der Waals surface area (Å²) in [6.45, 7) is 7.24. The van der Waals surface area contributed by atoms with Crippen LogP contribution in [0.4, 0.5) is 0 Å². The topological polar surface area (TPSA) is 43.3 Å². The van der Waals surface area contributed by atoms with E-state index in [1.165, 1.54) is 4.88 Å². The Labute approximate surface area is 141 Å². The third-order valence-corrected chi connectivity index (χ3v) is 5.38. The molecule has 0 aromatic carbocycles. The number of aromatic nitrogens is 1. The zero-order valence-corrected chi connectivity index (χ0v) is 14.6. The average Bonchev–Trinajstić information content (AvgIpc) is 3.17. The van der Waals surface area contributed by atoms with Gasteiger partial charge in [0.1, 0.15) is 0 Å². The molecular formula is C18H24N2O2S. The van der Waals surface area contributed by atoms with Crippen LogP contribution in [-0.2, 0) is 11.3 Å². The summed E-state index contributed by atoms with van der Waals surface area (Å²) in [5.41, 5.74) is 2.95. The summed E-state index contributed by atoms with van der Waals surface area (Å²) >= 11 is 1.75. The Morgan fingerprint density at radius 2 is 2.35 bits per heavy atom. The molecule has 0 radical (unpaired) electrons. The van der Waals surface area contributed by atoms with Crippen molar-refractivity contribution < 1.29 is 9.53 Å². The van der Waals surface area contributed by atoms with E-state index in [4.69, 9.17) is 4.74 Å². The molecule has 1 fully saturated rings. The summed E-state index contributed by atoms with van der Waals surface area (Å²) in [5.74, 6) is 0.475. The molecule has 124 valence electrons. The van der Waals surface area contributed by atoms with E-state index >= 15 is 0 Å². The van der Waals surface area contributed by atoms with Gasteiger partial charge in [0.25, 0.3) is 5.91 Å². The van der Waals surface area contributed by atoms with E-state index in [1.807, 2.05) is 13.0 Å². The van der Waals surface area contributed by atoms with Gasteiger partial charge in [-0.15, -0.1) is 11.3 Å². The maximum absolute atomic E-state index is 12.5. The SMILES string of the molecule is Cc1cc(C(=O)NC[C@H]2CCCOC2)c(C)n1Cc1cccs1. The number of rotatable bonds is 5. The normalized spacial score (nSPS) is 18.1. The van der Waals surface area contributed by atoms with Gasteiger partial charge in [-0.05, 0) is 50.1 Å². The fourth-order valence-corrected chi connectivity index (χ4v) is 3.83. The first kappa shape index (κ1) is 16.3. The van der Waals surface area contributed by atoms with Crippen molar-refractivity contribution in [2.45, 2.75) is 33.2 Å². The summed E-state index contributed by atoms with van der Waals surface area (Å²) in [6, 6.07) is 6.19. The number of thiophene rings is 1. The highest BCUT2D eigenvalue weighted by Gasteiger charge is 2.19. The van der Waals surface area contributed by atoms with Gasteiger partial charge >= 0.3 is 0 Å². The number of carbonyl (C=O) groups excluding carboxylic acids is 1. The highest BCUT2D eigenvalue weighted by Crippen LogP contribution is 2.19. The molecule has 1 aliphatic rings. The Bertz CT molecular complexity index is 655. The summed E-state index contributed by atoms with van der Waals surface area (Å²) in [6.07, 6.45) is 2.23. The Kier molecular flexibility index (Phi) is 5.18. The molecule has 3 heterocycles. The van der Waals surface area contributed by atoms with E-state index in [1.54, 1.807) is 11.3 Å². The highest BCUT2D eigenvalue weighted by molar-refractivity contribution is 7.09. The maximum atomic E-state index is 12.5. The van der Waals surface area contributed by atoms with Gasteiger partial charge < -0.3 is 14.6 Å². The van der Waals surface area contributed by atoms with Crippen molar-refractivity contribution >= 4 is 17.2 Å². The van der Waals surface area contributed by atoms with Gasteiger partial charge in [-0.3, -0.25) is 4.79 Å². The molecule has 1 atom stereocenters. The van der Waals surface area contributed by atoms with E-state index in [9.17, 15) is 4.79 Å².